The summed E-state index contributed by atoms with van der Waals surface area (Å²) in [6.07, 6.45) is 1.24. The molecule has 22 heavy (non-hydrogen) atoms. The Balaban J connectivity index is 1.89. The molecule has 2 aromatic heterocycles. The highest BCUT2D eigenvalue weighted by atomic mass is 16.4. The van der Waals surface area contributed by atoms with Gasteiger partial charge >= 0.3 is 0 Å². The summed E-state index contributed by atoms with van der Waals surface area (Å²) in [6.45, 7) is 5.79. The van der Waals surface area contributed by atoms with Crippen molar-refractivity contribution in [2.75, 3.05) is 5.32 Å². The molecule has 1 amide bonds. The Morgan fingerprint density at radius 2 is 1.82 bits per heavy atom. The predicted octanol–water partition coefficient (Wildman–Crippen LogP) is 4.11. The molecule has 0 saturated heterocycles. The summed E-state index contributed by atoms with van der Waals surface area (Å²) in [5, 5.41) is 2.84. The van der Waals surface area contributed by atoms with Crippen molar-refractivity contribution >= 4 is 11.6 Å². The molecule has 2 heterocycles. The number of benzene rings is 1. The van der Waals surface area contributed by atoms with Crippen LogP contribution in [0.2, 0.25) is 0 Å². The van der Waals surface area contributed by atoms with E-state index in [0.717, 1.165) is 22.6 Å². The maximum absolute atomic E-state index is 12.4. The normalized spacial score (nSPS) is 10.7. The van der Waals surface area contributed by atoms with E-state index in [0.29, 0.717) is 11.5 Å². The number of oxazole rings is 1. The van der Waals surface area contributed by atoms with Gasteiger partial charge in [-0.2, -0.15) is 0 Å². The fourth-order valence-electron chi connectivity index (χ4n) is 2.38. The van der Waals surface area contributed by atoms with Crippen molar-refractivity contribution in [3.05, 3.63) is 59.3 Å². The maximum atomic E-state index is 12.4. The molecule has 5 nitrogen and oxygen atoms in total. The van der Waals surface area contributed by atoms with Crippen molar-refractivity contribution in [2.24, 2.45) is 0 Å². The average Bonchev–Trinajstić information content (AvgIpc) is 3.05. The smallest absolute Gasteiger partial charge is 0.278 e. The van der Waals surface area contributed by atoms with Gasteiger partial charge in [-0.15, -0.1) is 0 Å². The summed E-state index contributed by atoms with van der Waals surface area (Å²) >= 11 is 0. The summed E-state index contributed by atoms with van der Waals surface area (Å²) in [6, 6.07) is 9.42. The van der Waals surface area contributed by atoms with Crippen LogP contribution in [0.3, 0.4) is 0 Å². The zero-order valence-electron chi connectivity index (χ0n) is 12.6. The number of carbonyl (C=O) groups excluding carboxylic acids is 1. The SMILES string of the molecule is Cc1cc(C)cc(NC(=O)c2ncoc2-c2ccc(C)o2)c1. The second-order valence-corrected chi connectivity index (χ2v) is 5.27. The molecule has 0 spiro atoms. The van der Waals surface area contributed by atoms with Crippen LogP contribution >= 0.6 is 0 Å². The number of rotatable bonds is 3. The summed E-state index contributed by atoms with van der Waals surface area (Å²) < 4.78 is 10.8. The van der Waals surface area contributed by atoms with Crippen LogP contribution in [0.1, 0.15) is 27.4 Å². The molecule has 1 aromatic carbocycles. The number of furan rings is 1. The van der Waals surface area contributed by atoms with E-state index in [1.807, 2.05) is 45.0 Å². The van der Waals surface area contributed by atoms with Gasteiger partial charge in [-0.3, -0.25) is 4.79 Å². The number of carbonyl (C=O) groups is 1. The Hall–Kier alpha value is -2.82. The second-order valence-electron chi connectivity index (χ2n) is 5.27. The highest BCUT2D eigenvalue weighted by Crippen LogP contribution is 2.26. The first-order valence-electron chi connectivity index (χ1n) is 6.93. The van der Waals surface area contributed by atoms with Gasteiger partial charge in [0.05, 0.1) is 0 Å². The number of anilines is 1. The van der Waals surface area contributed by atoms with Crippen LogP contribution in [0.25, 0.3) is 11.5 Å². The van der Waals surface area contributed by atoms with E-state index >= 15 is 0 Å². The van der Waals surface area contributed by atoms with Crippen LogP contribution in [-0.4, -0.2) is 10.9 Å². The molecule has 0 atom stereocenters. The molecule has 0 radical (unpaired) electrons. The Morgan fingerprint density at radius 1 is 1.09 bits per heavy atom. The van der Waals surface area contributed by atoms with E-state index < -0.39 is 0 Å². The van der Waals surface area contributed by atoms with Crippen molar-refractivity contribution in [1.29, 1.82) is 0 Å². The maximum Gasteiger partial charge on any atom is 0.278 e. The second kappa shape index (κ2) is 5.52. The number of nitrogens with zero attached hydrogens (tertiary/aromatic N) is 1. The molecule has 1 N–H and O–H groups in total. The van der Waals surface area contributed by atoms with Crippen molar-refractivity contribution in [1.82, 2.24) is 4.98 Å². The standard InChI is InChI=1S/C17H16N2O3/c1-10-6-11(2)8-13(7-10)19-17(20)15-16(21-9-18-15)14-5-4-12(3)22-14/h4-9H,1-3H3,(H,19,20). The minimum atomic E-state index is -0.331. The Morgan fingerprint density at radius 3 is 2.45 bits per heavy atom. The lowest BCUT2D eigenvalue weighted by molar-refractivity contribution is 0.102. The lowest BCUT2D eigenvalue weighted by atomic mass is 10.1. The van der Waals surface area contributed by atoms with E-state index in [2.05, 4.69) is 10.3 Å². The van der Waals surface area contributed by atoms with Crippen molar-refractivity contribution in [3.63, 3.8) is 0 Å². The quantitative estimate of drug-likeness (QED) is 0.789. The van der Waals surface area contributed by atoms with Gasteiger partial charge in [-0.05, 0) is 56.2 Å². The molecule has 0 fully saturated rings. The van der Waals surface area contributed by atoms with Crippen LogP contribution in [0.5, 0.6) is 0 Å². The van der Waals surface area contributed by atoms with Gasteiger partial charge in [-0.25, -0.2) is 4.98 Å². The van der Waals surface area contributed by atoms with Gasteiger partial charge in [0.1, 0.15) is 5.76 Å². The van der Waals surface area contributed by atoms with Crippen molar-refractivity contribution in [3.8, 4) is 11.5 Å². The third kappa shape index (κ3) is 2.79. The molecule has 3 rings (SSSR count). The average molecular weight is 296 g/mol. The minimum Gasteiger partial charge on any atom is -0.458 e. The highest BCUT2D eigenvalue weighted by molar-refractivity contribution is 6.06. The van der Waals surface area contributed by atoms with Gasteiger partial charge in [0.25, 0.3) is 5.91 Å². The van der Waals surface area contributed by atoms with Crippen molar-refractivity contribution in [2.45, 2.75) is 20.8 Å². The molecule has 0 aliphatic heterocycles. The lowest BCUT2D eigenvalue weighted by Crippen LogP contribution is -2.13. The Bertz CT molecular complexity index is 810. The van der Waals surface area contributed by atoms with E-state index in [1.54, 1.807) is 6.07 Å². The van der Waals surface area contributed by atoms with Crippen LogP contribution in [0.4, 0.5) is 5.69 Å². The predicted molar refractivity (Wildman–Crippen MR) is 82.8 cm³/mol. The summed E-state index contributed by atoms with van der Waals surface area (Å²) in [5.74, 6) is 1.23. The van der Waals surface area contributed by atoms with Gasteiger partial charge in [-0.1, -0.05) is 6.07 Å². The third-order valence-corrected chi connectivity index (χ3v) is 3.23. The first-order valence-corrected chi connectivity index (χ1v) is 6.93. The van der Waals surface area contributed by atoms with E-state index in [9.17, 15) is 4.79 Å². The minimum absolute atomic E-state index is 0.202. The van der Waals surface area contributed by atoms with Gasteiger partial charge in [0, 0.05) is 5.69 Å². The molecule has 0 aliphatic carbocycles. The van der Waals surface area contributed by atoms with Crippen LogP contribution in [-0.2, 0) is 0 Å². The molecule has 3 aromatic rings. The molecule has 0 aliphatic rings. The molecule has 0 bridgehead atoms. The van der Waals surface area contributed by atoms with Crippen molar-refractivity contribution < 1.29 is 13.6 Å². The summed E-state index contributed by atoms with van der Waals surface area (Å²) in [7, 11) is 0. The van der Waals surface area contributed by atoms with Gasteiger partial charge in [0.15, 0.2) is 17.8 Å². The topological polar surface area (TPSA) is 68.3 Å². The Kier molecular flexibility index (Phi) is 3.55. The number of aromatic nitrogens is 1. The summed E-state index contributed by atoms with van der Waals surface area (Å²) in [5.41, 5.74) is 3.09. The van der Waals surface area contributed by atoms with Crippen LogP contribution in [0.15, 0.2) is 45.6 Å². The van der Waals surface area contributed by atoms with E-state index in [4.69, 9.17) is 8.83 Å². The van der Waals surface area contributed by atoms with Crippen LogP contribution in [0, 0.1) is 20.8 Å². The molecule has 112 valence electrons. The number of hydrogen-bond acceptors (Lipinski definition) is 4. The number of nitrogens with one attached hydrogen (secondary N) is 1. The molecular formula is C17H16N2O3. The largest absolute Gasteiger partial charge is 0.458 e. The van der Waals surface area contributed by atoms with Crippen LogP contribution < -0.4 is 5.32 Å². The molecule has 0 unspecified atom stereocenters. The number of amides is 1. The highest BCUT2D eigenvalue weighted by Gasteiger charge is 2.20. The zero-order valence-corrected chi connectivity index (χ0v) is 12.6. The monoisotopic (exact) mass is 296 g/mol. The third-order valence-electron chi connectivity index (χ3n) is 3.23. The van der Waals surface area contributed by atoms with Gasteiger partial charge in [0.2, 0.25) is 5.76 Å². The summed E-state index contributed by atoms with van der Waals surface area (Å²) in [4.78, 5) is 16.4. The molecule has 5 heteroatoms. The number of hydrogen-bond donors (Lipinski definition) is 1. The molecule has 0 saturated carbocycles. The first-order chi connectivity index (χ1) is 10.5. The molecular weight excluding hydrogens is 280 g/mol. The van der Waals surface area contributed by atoms with Gasteiger partial charge < -0.3 is 14.2 Å². The van der Waals surface area contributed by atoms with E-state index in [-0.39, 0.29) is 11.6 Å². The fraction of sp³-hybridized carbons (Fsp3) is 0.176. The van der Waals surface area contributed by atoms with E-state index in [1.165, 1.54) is 6.39 Å². The zero-order chi connectivity index (χ0) is 15.7. The fourth-order valence-corrected chi connectivity index (χ4v) is 2.38. The first kappa shape index (κ1) is 14.1. The Labute approximate surface area is 128 Å². The number of aryl methyl sites for hydroxylation is 3. The lowest BCUT2D eigenvalue weighted by Gasteiger charge is -2.06.